The molecule has 1 aromatic heterocycles. The normalized spacial score (nSPS) is 14.5. The maximum Gasteiger partial charge on any atom is 0.338 e. The number of esters is 1. The van der Waals surface area contributed by atoms with E-state index in [1.165, 1.54) is 15.9 Å². The first-order valence-electron chi connectivity index (χ1n) is 14.7. The highest BCUT2D eigenvalue weighted by Crippen LogP contribution is 2.37. The lowest BCUT2D eigenvalue weighted by atomic mass is 9.95. The summed E-state index contributed by atoms with van der Waals surface area (Å²) in [5.74, 6) is 1.54. The third kappa shape index (κ3) is 6.90. The van der Waals surface area contributed by atoms with Gasteiger partial charge >= 0.3 is 5.97 Å². The molecule has 1 aliphatic rings. The number of carbonyl (C=O) groups is 1. The maximum atomic E-state index is 14.3. The minimum atomic E-state index is -0.808. The molecule has 240 valence electrons. The predicted molar refractivity (Wildman–Crippen MR) is 181 cm³/mol. The molecule has 9 nitrogen and oxygen atoms in total. The van der Waals surface area contributed by atoms with E-state index in [2.05, 4.69) is 15.9 Å². The summed E-state index contributed by atoms with van der Waals surface area (Å²) in [4.78, 5) is 32.8. The van der Waals surface area contributed by atoms with Gasteiger partial charge in [-0.1, -0.05) is 57.6 Å². The Bertz CT molecular complexity index is 1960. The lowest BCUT2D eigenvalue weighted by Crippen LogP contribution is -2.40. The van der Waals surface area contributed by atoms with Gasteiger partial charge in [0.15, 0.2) is 27.8 Å². The minimum absolute atomic E-state index is 0.0741. The predicted octanol–water partition coefficient (Wildman–Crippen LogP) is 5.94. The number of halogens is 1. The molecule has 1 atom stereocenters. The second-order valence-electron chi connectivity index (χ2n) is 10.7. The monoisotopic (exact) mass is 706 g/mol. The van der Waals surface area contributed by atoms with Gasteiger partial charge in [0, 0.05) is 10.0 Å². The molecule has 1 aliphatic heterocycles. The lowest BCUT2D eigenvalue weighted by molar-refractivity contribution is -0.139. The molecule has 11 heteroatoms. The van der Waals surface area contributed by atoms with Crippen molar-refractivity contribution in [3.05, 3.63) is 113 Å². The Balaban J connectivity index is 1.65. The van der Waals surface area contributed by atoms with Crippen molar-refractivity contribution in [2.24, 2.45) is 4.99 Å². The van der Waals surface area contributed by atoms with Crippen LogP contribution in [0.5, 0.6) is 23.0 Å². The summed E-state index contributed by atoms with van der Waals surface area (Å²) in [6.45, 7) is 7.82. The van der Waals surface area contributed by atoms with Crippen LogP contribution in [0.2, 0.25) is 0 Å². The zero-order valence-corrected chi connectivity index (χ0v) is 28.9. The van der Waals surface area contributed by atoms with E-state index in [0.29, 0.717) is 55.8 Å². The molecule has 0 spiro atoms. The highest BCUT2D eigenvalue weighted by Gasteiger charge is 2.34. The van der Waals surface area contributed by atoms with Crippen molar-refractivity contribution < 1.29 is 28.5 Å². The van der Waals surface area contributed by atoms with Crippen molar-refractivity contribution >= 4 is 39.3 Å². The van der Waals surface area contributed by atoms with E-state index in [1.54, 1.807) is 46.3 Å². The summed E-state index contributed by atoms with van der Waals surface area (Å²) in [5, 5.41) is 0. The first kappa shape index (κ1) is 33.0. The average molecular weight is 708 g/mol. The van der Waals surface area contributed by atoms with Gasteiger partial charge in [-0.3, -0.25) is 9.36 Å². The van der Waals surface area contributed by atoms with Crippen LogP contribution in [0.25, 0.3) is 6.08 Å². The zero-order chi connectivity index (χ0) is 33.0. The lowest BCUT2D eigenvalue weighted by Gasteiger charge is -2.25. The molecule has 0 saturated carbocycles. The number of nitrogens with zero attached hydrogens (tertiary/aromatic N) is 2. The van der Waals surface area contributed by atoms with Crippen LogP contribution < -0.4 is 33.8 Å². The largest absolute Gasteiger partial charge is 0.493 e. The molecule has 0 fully saturated rings. The van der Waals surface area contributed by atoms with Gasteiger partial charge in [-0.05, 0) is 75.2 Å². The van der Waals surface area contributed by atoms with Crippen LogP contribution in [0.4, 0.5) is 0 Å². The molecule has 0 saturated heterocycles. The third-order valence-electron chi connectivity index (χ3n) is 7.20. The SMILES string of the molecule is CCOC(=O)C1=C(C)N=c2s/c(=C/c3cccc(OC)c3OCc3ccc(Br)cc3)c(=O)n2[C@@H]1c1ccc(OC(C)C)c(OC)c1. The Morgan fingerprint density at radius 1 is 1.04 bits per heavy atom. The van der Waals surface area contributed by atoms with Crippen molar-refractivity contribution in [3.63, 3.8) is 0 Å². The number of thiazole rings is 1. The van der Waals surface area contributed by atoms with Gasteiger partial charge in [0.1, 0.15) is 6.61 Å². The Hall–Kier alpha value is -4.35. The van der Waals surface area contributed by atoms with Gasteiger partial charge in [-0.25, -0.2) is 9.79 Å². The van der Waals surface area contributed by atoms with Gasteiger partial charge in [-0.2, -0.15) is 0 Å². The first-order valence-corrected chi connectivity index (χ1v) is 16.3. The number of aromatic nitrogens is 1. The fourth-order valence-electron chi connectivity index (χ4n) is 5.15. The molecule has 0 aliphatic carbocycles. The second-order valence-corrected chi connectivity index (χ2v) is 12.6. The summed E-state index contributed by atoms with van der Waals surface area (Å²) >= 11 is 4.69. The third-order valence-corrected chi connectivity index (χ3v) is 8.71. The van der Waals surface area contributed by atoms with Crippen molar-refractivity contribution in [2.75, 3.05) is 20.8 Å². The molecule has 46 heavy (non-hydrogen) atoms. The molecular weight excluding hydrogens is 672 g/mol. The topological polar surface area (TPSA) is 97.6 Å². The number of ether oxygens (including phenoxy) is 5. The number of rotatable bonds is 11. The molecule has 0 amide bonds. The van der Waals surface area contributed by atoms with Crippen LogP contribution in [0.15, 0.2) is 86.2 Å². The van der Waals surface area contributed by atoms with E-state index < -0.39 is 12.0 Å². The van der Waals surface area contributed by atoms with Crippen LogP contribution in [0.3, 0.4) is 0 Å². The number of allylic oxidation sites excluding steroid dienone is 1. The van der Waals surface area contributed by atoms with E-state index >= 15 is 0 Å². The summed E-state index contributed by atoms with van der Waals surface area (Å²) in [5.41, 5.74) is 2.72. The van der Waals surface area contributed by atoms with Crippen LogP contribution in [-0.2, 0) is 16.1 Å². The van der Waals surface area contributed by atoms with Crippen molar-refractivity contribution in [3.8, 4) is 23.0 Å². The minimum Gasteiger partial charge on any atom is -0.493 e. The molecule has 5 rings (SSSR count). The number of hydrogen-bond donors (Lipinski definition) is 0. The molecular formula is C35H35BrN2O7S. The van der Waals surface area contributed by atoms with Gasteiger partial charge in [0.25, 0.3) is 5.56 Å². The fraction of sp³-hybridized carbons (Fsp3) is 0.286. The highest BCUT2D eigenvalue weighted by atomic mass is 79.9. The molecule has 4 aromatic rings. The molecule has 3 aromatic carbocycles. The van der Waals surface area contributed by atoms with E-state index in [1.807, 2.05) is 62.4 Å². The summed E-state index contributed by atoms with van der Waals surface area (Å²) < 4.78 is 31.8. The summed E-state index contributed by atoms with van der Waals surface area (Å²) in [6.07, 6.45) is 1.69. The van der Waals surface area contributed by atoms with Crippen LogP contribution in [-0.4, -0.2) is 37.5 Å². The second kappa shape index (κ2) is 14.4. The number of methoxy groups -OCH3 is 2. The number of benzene rings is 3. The van der Waals surface area contributed by atoms with E-state index in [-0.39, 0.29) is 23.8 Å². The highest BCUT2D eigenvalue weighted by molar-refractivity contribution is 9.10. The zero-order valence-electron chi connectivity index (χ0n) is 26.5. The maximum absolute atomic E-state index is 14.3. The fourth-order valence-corrected chi connectivity index (χ4v) is 6.45. The quantitative estimate of drug-likeness (QED) is 0.178. The Morgan fingerprint density at radius 2 is 1.78 bits per heavy atom. The molecule has 0 bridgehead atoms. The van der Waals surface area contributed by atoms with E-state index in [0.717, 1.165) is 10.0 Å². The Kier molecular flexibility index (Phi) is 10.3. The van der Waals surface area contributed by atoms with Crippen molar-refractivity contribution in [2.45, 2.75) is 46.4 Å². The standard InChI is InChI=1S/C35H35BrN2O7S/c1-7-43-34(40)30-21(4)37-35-38(31(30)23-13-16-26(45-20(2)3)28(17-23)42-6)33(39)29(46-35)18-24-9-8-10-27(41-5)32(24)44-19-22-11-14-25(36)15-12-22/h8-18,20,31H,7,19H2,1-6H3/b29-18+/t31-/m1/s1. The smallest absolute Gasteiger partial charge is 0.338 e. The van der Waals surface area contributed by atoms with Crippen molar-refractivity contribution in [1.29, 1.82) is 0 Å². The summed E-state index contributed by atoms with van der Waals surface area (Å²) in [6, 6.07) is 17.9. The first-order chi connectivity index (χ1) is 22.1. The van der Waals surface area contributed by atoms with E-state index in [9.17, 15) is 9.59 Å². The van der Waals surface area contributed by atoms with Crippen LogP contribution >= 0.6 is 27.3 Å². The van der Waals surface area contributed by atoms with Gasteiger partial charge in [-0.15, -0.1) is 0 Å². The summed E-state index contributed by atoms with van der Waals surface area (Å²) in [7, 11) is 3.13. The molecule has 0 N–H and O–H groups in total. The molecule has 0 radical (unpaired) electrons. The van der Waals surface area contributed by atoms with Crippen molar-refractivity contribution in [1.82, 2.24) is 4.57 Å². The Morgan fingerprint density at radius 3 is 2.46 bits per heavy atom. The molecule has 0 unspecified atom stereocenters. The van der Waals surface area contributed by atoms with Gasteiger partial charge < -0.3 is 23.7 Å². The average Bonchev–Trinajstić information content (AvgIpc) is 3.34. The number of fused-ring (bicyclic) bond motifs is 1. The Labute approximate surface area is 279 Å². The number of para-hydroxylation sites is 1. The number of hydrogen-bond acceptors (Lipinski definition) is 9. The van der Waals surface area contributed by atoms with Gasteiger partial charge in [0.05, 0.1) is 48.8 Å². The van der Waals surface area contributed by atoms with E-state index in [4.69, 9.17) is 28.7 Å². The van der Waals surface area contributed by atoms with Crippen LogP contribution in [0.1, 0.15) is 50.4 Å². The molecule has 2 heterocycles. The van der Waals surface area contributed by atoms with Crippen LogP contribution in [0, 0.1) is 0 Å². The number of carbonyl (C=O) groups excluding carboxylic acids is 1. The van der Waals surface area contributed by atoms with Gasteiger partial charge in [0.2, 0.25) is 0 Å².